The lowest BCUT2D eigenvalue weighted by molar-refractivity contribution is 0.191. The molecule has 0 amide bonds. The highest BCUT2D eigenvalue weighted by Crippen LogP contribution is 2.21. The van der Waals surface area contributed by atoms with Gasteiger partial charge in [-0.05, 0) is 54.8 Å². The Morgan fingerprint density at radius 3 is 2.95 bits per heavy atom. The van der Waals surface area contributed by atoms with Crippen LogP contribution in [0.3, 0.4) is 0 Å². The topological polar surface area (TPSA) is 26.2 Å². The molecule has 0 bridgehead atoms. The number of nitrogens with one attached hydrogen (secondary N) is 1. The minimum atomic E-state index is 0.774. The Balaban J connectivity index is 1.62. The zero-order valence-corrected chi connectivity index (χ0v) is 12.3. The van der Waals surface area contributed by atoms with E-state index < -0.39 is 0 Å². The Hall–Kier alpha value is -1.32. The normalized spacial score (nSPS) is 15.1. The second kappa shape index (κ2) is 6.42. The average molecular weight is 272 g/mol. The van der Waals surface area contributed by atoms with Crippen molar-refractivity contribution in [3.05, 3.63) is 36.0 Å². The zero-order chi connectivity index (χ0) is 13.8. The van der Waals surface area contributed by atoms with Crippen LogP contribution in [-0.4, -0.2) is 24.3 Å². The van der Waals surface area contributed by atoms with Crippen LogP contribution in [0, 0.1) is 0 Å². The van der Waals surface area contributed by atoms with Crippen molar-refractivity contribution in [1.29, 1.82) is 0 Å². The third-order valence-corrected chi connectivity index (χ3v) is 4.01. The first-order valence-corrected chi connectivity index (χ1v) is 7.67. The molecule has 3 heteroatoms. The molecule has 108 valence electrons. The summed E-state index contributed by atoms with van der Waals surface area (Å²) in [5, 5.41) is 4.93. The molecule has 1 heterocycles. The third kappa shape index (κ3) is 3.41. The quantitative estimate of drug-likeness (QED) is 0.746. The number of aromatic nitrogens is 1. The molecule has 0 atom stereocenters. The first-order chi connectivity index (χ1) is 9.86. The molecule has 3 nitrogen and oxygen atoms in total. The Morgan fingerprint density at radius 2 is 2.15 bits per heavy atom. The molecular weight excluding hydrogens is 248 g/mol. The van der Waals surface area contributed by atoms with Gasteiger partial charge >= 0.3 is 0 Å². The SMILES string of the molecule is COCCCCn1ccc2cc(CNC3CC3)ccc21. The van der Waals surface area contributed by atoms with Gasteiger partial charge in [0.2, 0.25) is 0 Å². The minimum absolute atomic E-state index is 0.774. The summed E-state index contributed by atoms with van der Waals surface area (Å²) < 4.78 is 7.45. The van der Waals surface area contributed by atoms with E-state index in [0.29, 0.717) is 0 Å². The van der Waals surface area contributed by atoms with Crippen LogP contribution < -0.4 is 5.32 Å². The molecule has 0 aliphatic heterocycles. The van der Waals surface area contributed by atoms with E-state index in [1.165, 1.54) is 35.7 Å². The van der Waals surface area contributed by atoms with E-state index in [-0.39, 0.29) is 0 Å². The number of benzene rings is 1. The average Bonchev–Trinajstić information content (AvgIpc) is 3.22. The van der Waals surface area contributed by atoms with Crippen LogP contribution in [0.4, 0.5) is 0 Å². The molecule has 1 aliphatic rings. The Kier molecular flexibility index (Phi) is 4.38. The van der Waals surface area contributed by atoms with E-state index in [4.69, 9.17) is 4.74 Å². The van der Waals surface area contributed by atoms with Crippen LogP contribution in [0.25, 0.3) is 10.9 Å². The Morgan fingerprint density at radius 1 is 1.25 bits per heavy atom. The van der Waals surface area contributed by atoms with Crippen molar-refractivity contribution in [1.82, 2.24) is 9.88 Å². The number of aryl methyl sites for hydroxylation is 1. The second-order valence-electron chi connectivity index (χ2n) is 5.76. The van der Waals surface area contributed by atoms with Crippen molar-refractivity contribution < 1.29 is 4.74 Å². The fraction of sp³-hybridized carbons (Fsp3) is 0.529. The third-order valence-electron chi connectivity index (χ3n) is 4.01. The second-order valence-corrected chi connectivity index (χ2v) is 5.76. The van der Waals surface area contributed by atoms with Crippen LogP contribution in [0.5, 0.6) is 0 Å². The lowest BCUT2D eigenvalue weighted by Crippen LogP contribution is -2.15. The molecule has 1 aromatic heterocycles. The molecule has 1 fully saturated rings. The lowest BCUT2D eigenvalue weighted by atomic mass is 10.1. The molecule has 1 aromatic carbocycles. The molecule has 2 aromatic rings. The summed E-state index contributed by atoms with van der Waals surface area (Å²) in [6.45, 7) is 2.93. The van der Waals surface area contributed by atoms with Gasteiger partial charge in [0.1, 0.15) is 0 Å². The molecular formula is C17H24N2O. The van der Waals surface area contributed by atoms with Gasteiger partial charge in [-0.15, -0.1) is 0 Å². The van der Waals surface area contributed by atoms with Gasteiger partial charge < -0.3 is 14.6 Å². The Bertz CT molecular complexity index is 557. The molecule has 0 unspecified atom stereocenters. The van der Waals surface area contributed by atoms with Crippen molar-refractivity contribution in [3.63, 3.8) is 0 Å². The van der Waals surface area contributed by atoms with Gasteiger partial charge in [0, 0.05) is 44.6 Å². The van der Waals surface area contributed by atoms with Crippen molar-refractivity contribution in [2.24, 2.45) is 0 Å². The van der Waals surface area contributed by atoms with Crippen LogP contribution in [0.1, 0.15) is 31.2 Å². The molecule has 20 heavy (non-hydrogen) atoms. The smallest absolute Gasteiger partial charge is 0.0480 e. The monoisotopic (exact) mass is 272 g/mol. The summed E-state index contributed by atoms with van der Waals surface area (Å²) in [6.07, 6.45) is 7.19. The fourth-order valence-corrected chi connectivity index (χ4v) is 2.63. The number of nitrogens with zero attached hydrogens (tertiary/aromatic N) is 1. The van der Waals surface area contributed by atoms with Crippen molar-refractivity contribution in [2.75, 3.05) is 13.7 Å². The number of ether oxygens (including phenoxy) is 1. The maximum Gasteiger partial charge on any atom is 0.0480 e. The summed E-state index contributed by atoms with van der Waals surface area (Å²) >= 11 is 0. The fourth-order valence-electron chi connectivity index (χ4n) is 2.63. The van der Waals surface area contributed by atoms with Gasteiger partial charge in [-0.1, -0.05) is 6.07 Å². The summed E-state index contributed by atoms with van der Waals surface area (Å²) in [5.41, 5.74) is 2.74. The van der Waals surface area contributed by atoms with Crippen LogP contribution in [0.15, 0.2) is 30.5 Å². The highest BCUT2D eigenvalue weighted by atomic mass is 16.5. The molecule has 0 radical (unpaired) electrons. The van der Waals surface area contributed by atoms with E-state index in [0.717, 1.165) is 32.2 Å². The lowest BCUT2D eigenvalue weighted by Gasteiger charge is -2.07. The summed E-state index contributed by atoms with van der Waals surface area (Å²) in [5.74, 6) is 0. The predicted octanol–water partition coefficient (Wildman–Crippen LogP) is 3.32. The number of hydrogen-bond donors (Lipinski definition) is 1. The number of hydrogen-bond acceptors (Lipinski definition) is 2. The van der Waals surface area contributed by atoms with Crippen molar-refractivity contribution in [3.8, 4) is 0 Å². The van der Waals surface area contributed by atoms with Gasteiger partial charge in [-0.3, -0.25) is 0 Å². The summed E-state index contributed by atoms with van der Waals surface area (Å²) in [7, 11) is 1.77. The highest BCUT2D eigenvalue weighted by molar-refractivity contribution is 5.80. The minimum Gasteiger partial charge on any atom is -0.385 e. The van der Waals surface area contributed by atoms with E-state index in [1.807, 2.05) is 0 Å². The van der Waals surface area contributed by atoms with Crippen molar-refractivity contribution >= 4 is 10.9 Å². The highest BCUT2D eigenvalue weighted by Gasteiger charge is 2.19. The molecule has 1 saturated carbocycles. The Labute approximate surface area is 120 Å². The first kappa shape index (κ1) is 13.7. The van der Waals surface area contributed by atoms with Crippen molar-refractivity contribution in [2.45, 2.75) is 44.8 Å². The van der Waals surface area contributed by atoms with Gasteiger partial charge in [-0.2, -0.15) is 0 Å². The predicted molar refractivity (Wildman–Crippen MR) is 82.9 cm³/mol. The van der Waals surface area contributed by atoms with Gasteiger partial charge in [0.05, 0.1) is 0 Å². The largest absolute Gasteiger partial charge is 0.385 e. The maximum atomic E-state index is 5.10. The van der Waals surface area contributed by atoms with Crippen LogP contribution in [0.2, 0.25) is 0 Å². The molecule has 1 aliphatic carbocycles. The van der Waals surface area contributed by atoms with E-state index in [9.17, 15) is 0 Å². The van der Waals surface area contributed by atoms with E-state index >= 15 is 0 Å². The number of unbranched alkanes of at least 4 members (excludes halogenated alkanes) is 1. The van der Waals surface area contributed by atoms with Crippen LogP contribution >= 0.6 is 0 Å². The van der Waals surface area contributed by atoms with Gasteiger partial charge in [0.15, 0.2) is 0 Å². The molecule has 0 spiro atoms. The van der Waals surface area contributed by atoms with E-state index in [1.54, 1.807) is 7.11 Å². The maximum absolute atomic E-state index is 5.10. The van der Waals surface area contributed by atoms with Gasteiger partial charge in [0.25, 0.3) is 0 Å². The van der Waals surface area contributed by atoms with Crippen LogP contribution in [-0.2, 0) is 17.8 Å². The number of fused-ring (bicyclic) bond motifs is 1. The summed E-state index contributed by atoms with van der Waals surface area (Å²) in [6, 6.07) is 9.83. The zero-order valence-electron chi connectivity index (χ0n) is 12.3. The molecule has 0 saturated heterocycles. The number of rotatable bonds is 8. The van der Waals surface area contributed by atoms with Gasteiger partial charge in [-0.25, -0.2) is 0 Å². The molecule has 1 N–H and O–H groups in total. The first-order valence-electron chi connectivity index (χ1n) is 7.67. The summed E-state index contributed by atoms with van der Waals surface area (Å²) in [4.78, 5) is 0. The standard InChI is InChI=1S/C17H24N2O/c1-20-11-3-2-9-19-10-8-15-12-14(4-7-17(15)19)13-18-16-5-6-16/h4,7-8,10,12,16,18H,2-3,5-6,9,11,13H2,1H3. The number of methoxy groups -OCH3 is 1. The molecule has 3 rings (SSSR count). The van der Waals surface area contributed by atoms with E-state index in [2.05, 4.69) is 40.3 Å².